The van der Waals surface area contributed by atoms with E-state index < -0.39 is 0 Å². The fraction of sp³-hybridized carbons (Fsp3) is 0. The van der Waals surface area contributed by atoms with Gasteiger partial charge in [0.25, 0.3) is 0 Å². The van der Waals surface area contributed by atoms with Crippen molar-refractivity contribution in [3.8, 4) is 0 Å². The molecule has 3 heterocycles. The minimum absolute atomic E-state index is 0.994. The second kappa shape index (κ2) is 2.33. The Bertz CT molecular complexity index is 516. The molecule has 0 aromatic carbocycles. The zero-order valence-electron chi connectivity index (χ0n) is 6.94. The van der Waals surface area contributed by atoms with Crippen molar-refractivity contribution in [3.05, 3.63) is 48.8 Å². The van der Waals surface area contributed by atoms with Gasteiger partial charge < -0.3 is 4.40 Å². The maximum Gasteiger partial charge on any atom is 0.0899 e. The van der Waals surface area contributed by atoms with E-state index in [1.165, 1.54) is 5.52 Å². The summed E-state index contributed by atoms with van der Waals surface area (Å²) in [5.74, 6) is 0. The second-order valence-electron chi connectivity index (χ2n) is 2.98. The van der Waals surface area contributed by atoms with Gasteiger partial charge in [0.15, 0.2) is 0 Å². The van der Waals surface area contributed by atoms with Crippen molar-refractivity contribution in [2.45, 2.75) is 0 Å². The van der Waals surface area contributed by atoms with Crippen molar-refractivity contribution in [1.29, 1.82) is 0 Å². The summed E-state index contributed by atoms with van der Waals surface area (Å²) >= 11 is 0. The third kappa shape index (κ3) is 0.855. The normalized spacial score (nSPS) is 11.1. The lowest BCUT2D eigenvalue weighted by molar-refractivity contribution is 1.25. The Morgan fingerprint density at radius 1 is 1.23 bits per heavy atom. The fourth-order valence-corrected chi connectivity index (χ4v) is 1.61. The number of fused-ring (bicyclic) bond motifs is 3. The van der Waals surface area contributed by atoms with E-state index in [4.69, 9.17) is 0 Å². The van der Waals surface area contributed by atoms with Crippen LogP contribution in [0.5, 0.6) is 0 Å². The Morgan fingerprint density at radius 3 is 3.23 bits per heavy atom. The van der Waals surface area contributed by atoms with Crippen molar-refractivity contribution in [2.24, 2.45) is 0 Å². The average molecular weight is 167 g/mol. The second-order valence-corrected chi connectivity index (χ2v) is 2.98. The highest BCUT2D eigenvalue weighted by Crippen LogP contribution is 2.16. The molecule has 0 aliphatic rings. The molecule has 3 aromatic rings. The van der Waals surface area contributed by atoms with Crippen molar-refractivity contribution in [3.63, 3.8) is 0 Å². The molecule has 13 heavy (non-hydrogen) atoms. The molecular weight excluding hydrogens is 160 g/mol. The van der Waals surface area contributed by atoms with Crippen LogP contribution in [-0.4, -0.2) is 9.38 Å². The maximum atomic E-state index is 4.17. The van der Waals surface area contributed by atoms with Gasteiger partial charge in [0.1, 0.15) is 0 Å². The molecule has 0 saturated carbocycles. The summed E-state index contributed by atoms with van der Waals surface area (Å²) in [7, 11) is 0. The minimum Gasteiger partial charge on any atom is -0.315 e. The first-order chi connectivity index (χ1) is 6.45. The average Bonchev–Trinajstić information content (AvgIpc) is 2.56. The molecule has 0 aliphatic carbocycles. The molecule has 0 aliphatic heterocycles. The fourth-order valence-electron chi connectivity index (χ4n) is 1.61. The van der Waals surface area contributed by atoms with Crippen LogP contribution >= 0.6 is 0 Å². The minimum atomic E-state index is 0.994. The van der Waals surface area contributed by atoms with Crippen LogP contribution in [0.4, 0.5) is 0 Å². The summed E-state index contributed by atoms with van der Waals surface area (Å²) in [6, 6.07) is 12.0. The van der Waals surface area contributed by atoms with Gasteiger partial charge in [0.2, 0.25) is 0 Å². The highest BCUT2D eigenvalue weighted by molar-refractivity contribution is 5.83. The molecule has 2 heteroatoms. The molecule has 0 unspecified atom stereocenters. The predicted molar refractivity (Wildman–Crippen MR) is 51.5 cm³/mol. The van der Waals surface area contributed by atoms with Crippen LogP contribution < -0.4 is 0 Å². The molecule has 3 aromatic heterocycles. The molecule has 0 fully saturated rings. The molecule has 0 atom stereocenters. The van der Waals surface area contributed by atoms with Crippen LogP contribution in [-0.2, 0) is 0 Å². The number of rotatable bonds is 0. The van der Waals surface area contributed by atoms with Gasteiger partial charge in [0.05, 0.1) is 17.2 Å². The molecule has 0 saturated heterocycles. The first-order valence-corrected chi connectivity index (χ1v) is 4.18. The number of aromatic nitrogens is 2. The third-order valence-electron chi connectivity index (χ3n) is 2.20. The summed E-state index contributed by atoms with van der Waals surface area (Å²) in [5.41, 5.74) is 3.30. The van der Waals surface area contributed by atoms with Gasteiger partial charge in [-0.1, -0.05) is 6.07 Å². The predicted octanol–water partition coefficient (Wildman–Crippen LogP) is 2.29. The molecule has 1 radical (unpaired) electrons. The molecule has 2 nitrogen and oxygen atoms in total. The first-order valence-electron chi connectivity index (χ1n) is 4.18. The largest absolute Gasteiger partial charge is 0.315 e. The van der Waals surface area contributed by atoms with Crippen LogP contribution in [0.2, 0.25) is 0 Å². The molecule has 0 bridgehead atoms. The molecule has 61 valence electrons. The van der Waals surface area contributed by atoms with E-state index in [2.05, 4.69) is 27.7 Å². The highest BCUT2D eigenvalue weighted by Gasteiger charge is 1.99. The van der Waals surface area contributed by atoms with Crippen molar-refractivity contribution in [2.75, 3.05) is 0 Å². The van der Waals surface area contributed by atoms with Gasteiger partial charge in [-0.25, -0.2) is 4.98 Å². The van der Waals surface area contributed by atoms with Gasteiger partial charge in [-0.3, -0.25) is 0 Å². The van der Waals surface area contributed by atoms with Gasteiger partial charge in [-0.05, 0) is 30.3 Å². The van der Waals surface area contributed by atoms with Gasteiger partial charge in [-0.2, -0.15) is 0 Å². The Labute approximate surface area is 75.5 Å². The van der Waals surface area contributed by atoms with E-state index in [0.29, 0.717) is 0 Å². The monoisotopic (exact) mass is 167 g/mol. The zero-order chi connectivity index (χ0) is 8.67. The van der Waals surface area contributed by atoms with Crippen LogP contribution in [0.15, 0.2) is 42.6 Å². The molecule has 0 N–H and O–H groups in total. The van der Waals surface area contributed by atoms with Gasteiger partial charge >= 0.3 is 0 Å². The number of hydrogen-bond acceptors (Lipinski definition) is 1. The lowest BCUT2D eigenvalue weighted by atomic mass is 10.4. The van der Waals surface area contributed by atoms with E-state index in [1.54, 1.807) is 0 Å². The van der Waals surface area contributed by atoms with Gasteiger partial charge in [0, 0.05) is 11.7 Å². The number of pyridine rings is 2. The quantitative estimate of drug-likeness (QED) is 0.502. The van der Waals surface area contributed by atoms with Gasteiger partial charge in [-0.15, -0.1) is 0 Å². The Balaban J connectivity index is 2.64. The van der Waals surface area contributed by atoms with Crippen LogP contribution in [0.1, 0.15) is 0 Å². The van der Waals surface area contributed by atoms with E-state index in [9.17, 15) is 0 Å². The lowest BCUT2D eigenvalue weighted by Crippen LogP contribution is -1.81. The number of nitrogens with zero attached hydrogens (tertiary/aromatic N) is 2. The highest BCUT2D eigenvalue weighted by atomic mass is 14.9. The summed E-state index contributed by atoms with van der Waals surface area (Å²) in [4.78, 5) is 4.17. The van der Waals surface area contributed by atoms with E-state index >= 15 is 0 Å². The van der Waals surface area contributed by atoms with E-state index in [0.717, 1.165) is 11.0 Å². The zero-order valence-corrected chi connectivity index (χ0v) is 6.94. The topological polar surface area (TPSA) is 17.3 Å². The SMILES string of the molecule is [c]1ccc2c(cc3ccccn32)n1. The van der Waals surface area contributed by atoms with Crippen molar-refractivity contribution in [1.82, 2.24) is 9.38 Å². The standard InChI is InChI=1S/C11H7N2/c1-2-7-13-9(4-1)8-10-11(13)5-3-6-12-10/h1-5,7-8H. The Hall–Kier alpha value is -1.83. The summed E-state index contributed by atoms with van der Waals surface area (Å²) in [6.45, 7) is 0. The smallest absolute Gasteiger partial charge is 0.0899 e. The van der Waals surface area contributed by atoms with Crippen molar-refractivity contribution >= 4 is 16.6 Å². The molecular formula is C11H7N2. The number of hydrogen-bond donors (Lipinski definition) is 0. The summed E-state index contributed by atoms with van der Waals surface area (Å²) in [6.07, 6.45) is 4.87. The Kier molecular flexibility index (Phi) is 1.19. The Morgan fingerprint density at radius 2 is 2.23 bits per heavy atom. The molecule has 0 spiro atoms. The first kappa shape index (κ1) is 6.66. The van der Waals surface area contributed by atoms with E-state index in [-0.39, 0.29) is 0 Å². The van der Waals surface area contributed by atoms with Crippen molar-refractivity contribution < 1.29 is 0 Å². The maximum absolute atomic E-state index is 4.17. The third-order valence-corrected chi connectivity index (χ3v) is 2.20. The van der Waals surface area contributed by atoms with Crippen LogP contribution in [0.25, 0.3) is 16.6 Å². The molecule has 0 amide bonds. The van der Waals surface area contributed by atoms with Crippen LogP contribution in [0.3, 0.4) is 0 Å². The molecule has 3 rings (SSSR count). The summed E-state index contributed by atoms with van der Waals surface area (Å²) < 4.78 is 2.12. The van der Waals surface area contributed by atoms with Crippen LogP contribution in [0, 0.1) is 6.20 Å². The lowest BCUT2D eigenvalue weighted by Gasteiger charge is -1.93. The van der Waals surface area contributed by atoms with E-state index in [1.807, 2.05) is 30.5 Å². The summed E-state index contributed by atoms with van der Waals surface area (Å²) in [5, 5.41) is 0.